The zero-order chi connectivity index (χ0) is 14.5. The second kappa shape index (κ2) is 6.61. The zero-order valence-electron chi connectivity index (χ0n) is 12.2. The van der Waals surface area contributed by atoms with Crippen LogP contribution in [0.25, 0.3) is 0 Å². The lowest BCUT2D eigenvalue weighted by Crippen LogP contribution is -2.41. The van der Waals surface area contributed by atoms with E-state index >= 15 is 0 Å². The Hall–Kier alpha value is -1.75. The molecule has 1 saturated heterocycles. The average Bonchev–Trinajstić information content (AvgIpc) is 3.00. The SMILES string of the molecule is COc1ccc(OC)c(C(C)NC(=O)C2CCCN2)c1. The van der Waals surface area contributed by atoms with E-state index in [-0.39, 0.29) is 18.0 Å². The molecule has 1 fully saturated rings. The van der Waals surface area contributed by atoms with E-state index in [1.165, 1.54) is 0 Å². The second-order valence-electron chi connectivity index (χ2n) is 4.99. The molecule has 0 bridgehead atoms. The van der Waals surface area contributed by atoms with Crippen molar-refractivity contribution in [1.82, 2.24) is 10.6 Å². The molecule has 2 rings (SSSR count). The highest BCUT2D eigenvalue weighted by Crippen LogP contribution is 2.29. The van der Waals surface area contributed by atoms with Crippen LogP contribution in [0.1, 0.15) is 31.4 Å². The lowest BCUT2D eigenvalue weighted by Gasteiger charge is -2.20. The Morgan fingerprint density at radius 3 is 2.80 bits per heavy atom. The van der Waals surface area contributed by atoms with Gasteiger partial charge in [0.05, 0.1) is 26.3 Å². The smallest absolute Gasteiger partial charge is 0.237 e. The predicted octanol–water partition coefficient (Wildman–Crippen LogP) is 1.63. The van der Waals surface area contributed by atoms with Crippen LogP contribution in [-0.2, 0) is 4.79 Å². The van der Waals surface area contributed by atoms with E-state index in [2.05, 4.69) is 10.6 Å². The minimum absolute atomic E-state index is 0.0415. The Kier molecular flexibility index (Phi) is 4.84. The third-order valence-corrected chi connectivity index (χ3v) is 3.64. The van der Waals surface area contributed by atoms with Crippen molar-refractivity contribution in [3.8, 4) is 11.5 Å². The molecule has 110 valence electrons. The first-order valence-corrected chi connectivity index (χ1v) is 6.91. The molecule has 5 heteroatoms. The van der Waals surface area contributed by atoms with E-state index in [1.807, 2.05) is 25.1 Å². The third-order valence-electron chi connectivity index (χ3n) is 3.64. The summed E-state index contributed by atoms with van der Waals surface area (Å²) in [6.45, 7) is 2.86. The van der Waals surface area contributed by atoms with Gasteiger partial charge in [0.1, 0.15) is 11.5 Å². The molecular weight excluding hydrogens is 256 g/mol. The van der Waals surface area contributed by atoms with Gasteiger partial charge < -0.3 is 20.1 Å². The monoisotopic (exact) mass is 278 g/mol. The minimum atomic E-state index is -0.130. The fourth-order valence-corrected chi connectivity index (χ4v) is 2.48. The van der Waals surface area contributed by atoms with Gasteiger partial charge in [-0.1, -0.05) is 0 Å². The first-order valence-electron chi connectivity index (χ1n) is 6.91. The van der Waals surface area contributed by atoms with Crippen LogP contribution < -0.4 is 20.1 Å². The Labute approximate surface area is 119 Å². The highest BCUT2D eigenvalue weighted by molar-refractivity contribution is 5.82. The molecule has 2 N–H and O–H groups in total. The van der Waals surface area contributed by atoms with Gasteiger partial charge in [-0.2, -0.15) is 0 Å². The van der Waals surface area contributed by atoms with Crippen molar-refractivity contribution in [3.05, 3.63) is 23.8 Å². The topological polar surface area (TPSA) is 59.6 Å². The van der Waals surface area contributed by atoms with Crippen LogP contribution in [0.3, 0.4) is 0 Å². The molecule has 0 spiro atoms. The number of benzene rings is 1. The third kappa shape index (κ3) is 3.22. The fraction of sp³-hybridized carbons (Fsp3) is 0.533. The lowest BCUT2D eigenvalue weighted by molar-refractivity contribution is -0.123. The molecule has 1 aliphatic heterocycles. The molecule has 1 heterocycles. The highest BCUT2D eigenvalue weighted by atomic mass is 16.5. The van der Waals surface area contributed by atoms with Gasteiger partial charge >= 0.3 is 0 Å². The van der Waals surface area contributed by atoms with E-state index in [4.69, 9.17) is 9.47 Å². The van der Waals surface area contributed by atoms with Crippen LogP contribution in [0.4, 0.5) is 0 Å². The van der Waals surface area contributed by atoms with Crippen LogP contribution in [0.15, 0.2) is 18.2 Å². The van der Waals surface area contributed by atoms with Crippen molar-refractivity contribution in [2.45, 2.75) is 31.8 Å². The number of methoxy groups -OCH3 is 2. The normalized spacial score (nSPS) is 19.4. The van der Waals surface area contributed by atoms with Crippen molar-refractivity contribution in [2.24, 2.45) is 0 Å². The summed E-state index contributed by atoms with van der Waals surface area (Å²) in [5.74, 6) is 1.54. The molecule has 0 radical (unpaired) electrons. The summed E-state index contributed by atoms with van der Waals surface area (Å²) < 4.78 is 10.6. The van der Waals surface area contributed by atoms with Crippen molar-refractivity contribution >= 4 is 5.91 Å². The van der Waals surface area contributed by atoms with Gasteiger partial charge in [0.15, 0.2) is 0 Å². The van der Waals surface area contributed by atoms with E-state index < -0.39 is 0 Å². The molecule has 5 nitrogen and oxygen atoms in total. The van der Waals surface area contributed by atoms with Crippen molar-refractivity contribution in [2.75, 3.05) is 20.8 Å². The molecule has 1 amide bonds. The number of hydrogen-bond donors (Lipinski definition) is 2. The minimum Gasteiger partial charge on any atom is -0.497 e. The maximum atomic E-state index is 12.1. The maximum Gasteiger partial charge on any atom is 0.237 e. The van der Waals surface area contributed by atoms with Crippen LogP contribution in [0.2, 0.25) is 0 Å². The summed E-state index contributed by atoms with van der Waals surface area (Å²) in [4.78, 5) is 12.1. The zero-order valence-corrected chi connectivity index (χ0v) is 12.2. The number of ether oxygens (including phenoxy) is 2. The maximum absolute atomic E-state index is 12.1. The van der Waals surface area contributed by atoms with Crippen LogP contribution in [0, 0.1) is 0 Å². The first kappa shape index (κ1) is 14.7. The molecular formula is C15H22N2O3. The lowest BCUT2D eigenvalue weighted by atomic mass is 10.1. The average molecular weight is 278 g/mol. The molecule has 0 aromatic heterocycles. The molecule has 2 atom stereocenters. The summed E-state index contributed by atoms with van der Waals surface area (Å²) in [7, 11) is 3.25. The Bertz CT molecular complexity index is 470. The van der Waals surface area contributed by atoms with Crippen molar-refractivity contribution < 1.29 is 14.3 Å². The van der Waals surface area contributed by atoms with E-state index in [1.54, 1.807) is 14.2 Å². The number of rotatable bonds is 5. The first-order chi connectivity index (χ1) is 9.65. The van der Waals surface area contributed by atoms with Gasteiger partial charge in [-0.05, 0) is 44.5 Å². The second-order valence-corrected chi connectivity index (χ2v) is 4.99. The number of hydrogen-bond acceptors (Lipinski definition) is 4. The van der Waals surface area contributed by atoms with E-state index in [0.717, 1.165) is 36.4 Å². The number of carbonyl (C=O) groups is 1. The van der Waals surface area contributed by atoms with Crippen molar-refractivity contribution in [1.29, 1.82) is 0 Å². The summed E-state index contributed by atoms with van der Waals surface area (Å²) in [5.41, 5.74) is 0.915. The summed E-state index contributed by atoms with van der Waals surface area (Å²) in [5, 5.41) is 6.22. The molecule has 20 heavy (non-hydrogen) atoms. The molecule has 1 aromatic carbocycles. The Morgan fingerprint density at radius 1 is 1.40 bits per heavy atom. The van der Waals surface area contributed by atoms with E-state index in [9.17, 15) is 4.79 Å². The summed E-state index contributed by atoms with van der Waals surface area (Å²) in [6.07, 6.45) is 1.95. The molecule has 1 aromatic rings. The fourth-order valence-electron chi connectivity index (χ4n) is 2.48. The number of carbonyl (C=O) groups excluding carboxylic acids is 1. The van der Waals surface area contributed by atoms with Gasteiger partial charge in [0, 0.05) is 5.56 Å². The van der Waals surface area contributed by atoms with Gasteiger partial charge in [-0.15, -0.1) is 0 Å². The van der Waals surface area contributed by atoms with Crippen LogP contribution in [0.5, 0.6) is 11.5 Å². The quantitative estimate of drug-likeness (QED) is 0.859. The number of amides is 1. The van der Waals surface area contributed by atoms with Gasteiger partial charge in [0.2, 0.25) is 5.91 Å². The highest BCUT2D eigenvalue weighted by Gasteiger charge is 2.24. The number of nitrogens with one attached hydrogen (secondary N) is 2. The Morgan fingerprint density at radius 2 is 2.20 bits per heavy atom. The standard InChI is InChI=1S/C15H22N2O3/c1-10(17-15(18)13-5-4-8-16-13)12-9-11(19-2)6-7-14(12)20-3/h6-7,9-10,13,16H,4-5,8H2,1-3H3,(H,17,18). The predicted molar refractivity (Wildman–Crippen MR) is 77.1 cm³/mol. The summed E-state index contributed by atoms with van der Waals surface area (Å²) in [6, 6.07) is 5.38. The summed E-state index contributed by atoms with van der Waals surface area (Å²) >= 11 is 0. The van der Waals surface area contributed by atoms with Crippen molar-refractivity contribution in [3.63, 3.8) is 0 Å². The Balaban J connectivity index is 2.10. The van der Waals surface area contributed by atoms with E-state index in [0.29, 0.717) is 0 Å². The largest absolute Gasteiger partial charge is 0.497 e. The molecule has 0 aliphatic carbocycles. The molecule has 0 saturated carbocycles. The van der Waals surface area contributed by atoms with Gasteiger partial charge in [-0.3, -0.25) is 4.79 Å². The van der Waals surface area contributed by atoms with Crippen LogP contribution >= 0.6 is 0 Å². The van der Waals surface area contributed by atoms with Crippen LogP contribution in [-0.4, -0.2) is 32.7 Å². The van der Waals surface area contributed by atoms with Gasteiger partial charge in [0.25, 0.3) is 0 Å². The molecule has 2 unspecified atom stereocenters. The van der Waals surface area contributed by atoms with Gasteiger partial charge in [-0.25, -0.2) is 0 Å². The molecule has 1 aliphatic rings.